The number of para-hydroxylation sites is 1. The Morgan fingerprint density at radius 2 is 2.06 bits per heavy atom. The minimum absolute atomic E-state index is 0.00221. The van der Waals surface area contributed by atoms with Gasteiger partial charge in [-0.05, 0) is 38.5 Å². The molecule has 1 aromatic heterocycles. The summed E-state index contributed by atoms with van der Waals surface area (Å²) in [5.41, 5.74) is 7.31. The van der Waals surface area contributed by atoms with E-state index in [9.17, 15) is 4.79 Å². The van der Waals surface area contributed by atoms with E-state index in [2.05, 4.69) is 37.2 Å². The number of anilines is 1. The van der Waals surface area contributed by atoms with Gasteiger partial charge in [0.25, 0.3) is 0 Å². The lowest BCUT2D eigenvalue weighted by molar-refractivity contribution is 0.0355. The van der Waals surface area contributed by atoms with Crippen LogP contribution < -0.4 is 16.4 Å². The maximum atomic E-state index is 13.2. The number of fused-ring (bicyclic) bond motifs is 1. The second kappa shape index (κ2) is 10.6. The number of carbonyl (C=O) groups excluding carboxylic acids is 1. The van der Waals surface area contributed by atoms with Gasteiger partial charge in [0.15, 0.2) is 5.78 Å². The zero-order chi connectivity index (χ0) is 22.3. The van der Waals surface area contributed by atoms with E-state index < -0.39 is 0 Å². The van der Waals surface area contributed by atoms with Crippen molar-refractivity contribution in [3.05, 3.63) is 42.0 Å². The van der Waals surface area contributed by atoms with Crippen molar-refractivity contribution in [1.82, 2.24) is 20.2 Å². The number of hydrogen-bond acceptors (Lipinski definition) is 9. The number of ether oxygens (including phenoxy) is 1. The molecule has 1 saturated heterocycles. The average Bonchev–Trinajstić information content (AvgIpc) is 2.83. The molecule has 0 radical (unpaired) electrons. The van der Waals surface area contributed by atoms with Gasteiger partial charge in [0.1, 0.15) is 5.82 Å². The molecule has 170 valence electrons. The summed E-state index contributed by atoms with van der Waals surface area (Å²) in [6.07, 6.45) is 6.77. The van der Waals surface area contributed by atoms with E-state index in [1.165, 1.54) is 0 Å². The molecular weight excluding hydrogens is 406 g/mol. The molecule has 9 heteroatoms. The molecule has 4 rings (SSSR count). The van der Waals surface area contributed by atoms with Crippen LogP contribution >= 0.6 is 0 Å². The fraction of sp³-hybridized carbons (Fsp3) is 0.478. The summed E-state index contributed by atoms with van der Waals surface area (Å²) < 4.78 is 5.39. The molecule has 1 aromatic carbocycles. The van der Waals surface area contributed by atoms with Crippen LogP contribution in [-0.4, -0.2) is 66.4 Å². The zero-order valence-electron chi connectivity index (χ0n) is 18.3. The molecular formula is C23H31N7O2. The molecule has 1 aliphatic heterocycles. The van der Waals surface area contributed by atoms with Gasteiger partial charge < -0.3 is 21.1 Å². The molecule has 1 aliphatic carbocycles. The molecule has 0 spiro atoms. The van der Waals surface area contributed by atoms with Crippen LogP contribution in [0.5, 0.6) is 0 Å². The molecule has 0 bridgehead atoms. The van der Waals surface area contributed by atoms with E-state index in [-0.39, 0.29) is 17.7 Å². The maximum Gasteiger partial charge on any atom is 0.228 e. The molecule has 32 heavy (non-hydrogen) atoms. The first-order valence-corrected chi connectivity index (χ1v) is 11.2. The first kappa shape index (κ1) is 22.3. The number of morpholine rings is 1. The summed E-state index contributed by atoms with van der Waals surface area (Å²) in [7, 11) is 0. The highest BCUT2D eigenvalue weighted by molar-refractivity contribution is 6.07. The number of nitrogens with one attached hydrogen (secondary N) is 2. The number of aliphatic imine (C=N–C) groups is 1. The molecule has 2 aliphatic rings. The number of ketones is 1. The summed E-state index contributed by atoms with van der Waals surface area (Å²) in [4.78, 5) is 28.5. The Balaban J connectivity index is 1.51. The number of rotatable bonds is 8. The Labute approximate surface area is 188 Å². The summed E-state index contributed by atoms with van der Waals surface area (Å²) in [6, 6.07) is 5.87. The van der Waals surface area contributed by atoms with Crippen molar-refractivity contribution < 1.29 is 9.53 Å². The molecule has 0 amide bonds. The van der Waals surface area contributed by atoms with Gasteiger partial charge in [-0.15, -0.1) is 0 Å². The van der Waals surface area contributed by atoms with Crippen LogP contribution in [0, 0.1) is 5.92 Å². The topological polar surface area (TPSA) is 118 Å². The van der Waals surface area contributed by atoms with E-state index in [0.717, 1.165) is 57.4 Å². The average molecular weight is 438 g/mol. The van der Waals surface area contributed by atoms with Crippen LogP contribution in [0.2, 0.25) is 0 Å². The van der Waals surface area contributed by atoms with Crippen LogP contribution in [0.4, 0.5) is 5.95 Å². The van der Waals surface area contributed by atoms with Crippen molar-refractivity contribution >= 4 is 29.4 Å². The summed E-state index contributed by atoms with van der Waals surface area (Å²) in [5.74, 6) is 1.17. The van der Waals surface area contributed by atoms with Gasteiger partial charge in [0.2, 0.25) is 5.95 Å². The Morgan fingerprint density at radius 3 is 2.81 bits per heavy atom. The molecule has 2 heterocycles. The predicted molar refractivity (Wildman–Crippen MR) is 125 cm³/mol. The number of carbonyl (C=O) groups is 1. The number of benzene rings is 1. The molecule has 9 nitrogen and oxygen atoms in total. The minimum atomic E-state index is 0.00221. The molecule has 0 unspecified atom stereocenters. The van der Waals surface area contributed by atoms with Gasteiger partial charge in [-0.25, -0.2) is 9.97 Å². The monoisotopic (exact) mass is 437 g/mol. The standard InChI is InChI=1S/C23H31N7O2/c1-25-14-20(27-15-30-9-11-32-12-10-30)28-23-26-13-17-3-2-4-19(21(17)29-23)22(31)16-5-7-18(24)8-6-16/h2-4,13-14,16,18,27H,1,5-12,15,24H2,(H,26,28,29)/b20-14+. The summed E-state index contributed by atoms with van der Waals surface area (Å²) in [5, 5.41) is 7.32. The van der Waals surface area contributed by atoms with Crippen LogP contribution in [0.15, 0.2) is 41.4 Å². The van der Waals surface area contributed by atoms with E-state index >= 15 is 0 Å². The quantitative estimate of drug-likeness (QED) is 0.425. The Kier molecular flexibility index (Phi) is 7.41. The van der Waals surface area contributed by atoms with Crippen molar-refractivity contribution in [3.8, 4) is 0 Å². The second-order valence-electron chi connectivity index (χ2n) is 8.33. The normalized spacial score (nSPS) is 22.5. The highest BCUT2D eigenvalue weighted by atomic mass is 16.5. The van der Waals surface area contributed by atoms with Crippen molar-refractivity contribution in [2.45, 2.75) is 31.7 Å². The fourth-order valence-corrected chi connectivity index (χ4v) is 4.21. The SMILES string of the molecule is C=N/C=C(\NCN1CCOCC1)Nc1ncc2cccc(C(=O)C3CCC(N)CC3)c2n1. The highest BCUT2D eigenvalue weighted by Gasteiger charge is 2.27. The molecule has 1 saturated carbocycles. The van der Waals surface area contributed by atoms with Crippen molar-refractivity contribution in [1.29, 1.82) is 0 Å². The Bertz CT molecular complexity index is 979. The summed E-state index contributed by atoms with van der Waals surface area (Å²) >= 11 is 0. The second-order valence-corrected chi connectivity index (χ2v) is 8.33. The van der Waals surface area contributed by atoms with Crippen LogP contribution in [-0.2, 0) is 4.74 Å². The van der Waals surface area contributed by atoms with Gasteiger partial charge in [0.05, 0.1) is 31.6 Å². The van der Waals surface area contributed by atoms with Crippen LogP contribution in [0.3, 0.4) is 0 Å². The third-order valence-corrected chi connectivity index (χ3v) is 6.08. The molecule has 4 N–H and O–H groups in total. The molecule has 0 atom stereocenters. The van der Waals surface area contributed by atoms with Gasteiger partial charge in [-0.3, -0.25) is 14.7 Å². The van der Waals surface area contributed by atoms with Gasteiger partial charge >= 0.3 is 0 Å². The van der Waals surface area contributed by atoms with E-state index in [1.54, 1.807) is 12.4 Å². The van der Waals surface area contributed by atoms with Gasteiger partial charge in [-0.1, -0.05) is 12.1 Å². The Morgan fingerprint density at radius 1 is 1.28 bits per heavy atom. The van der Waals surface area contributed by atoms with E-state index in [1.807, 2.05) is 18.2 Å². The van der Waals surface area contributed by atoms with Crippen molar-refractivity contribution in [2.75, 3.05) is 38.3 Å². The number of nitrogens with zero attached hydrogens (tertiary/aromatic N) is 4. The number of nitrogens with two attached hydrogens (primary N) is 1. The lowest BCUT2D eigenvalue weighted by atomic mass is 9.81. The summed E-state index contributed by atoms with van der Waals surface area (Å²) in [6.45, 7) is 7.37. The van der Waals surface area contributed by atoms with Gasteiger partial charge in [-0.2, -0.15) is 0 Å². The number of Topliss-reactive ketones (excluding diaryl/α,β-unsaturated/α-hetero) is 1. The van der Waals surface area contributed by atoms with Gasteiger partial charge in [0, 0.05) is 42.2 Å². The Hall–Kier alpha value is -2.88. The first-order valence-electron chi connectivity index (χ1n) is 11.2. The smallest absolute Gasteiger partial charge is 0.228 e. The zero-order valence-corrected chi connectivity index (χ0v) is 18.3. The first-order chi connectivity index (χ1) is 15.6. The molecule has 2 aromatic rings. The number of aromatic nitrogens is 2. The van der Waals surface area contributed by atoms with E-state index in [4.69, 9.17) is 10.5 Å². The minimum Gasteiger partial charge on any atom is -0.379 e. The number of hydrogen-bond donors (Lipinski definition) is 3. The van der Waals surface area contributed by atoms with Crippen LogP contribution in [0.25, 0.3) is 10.9 Å². The third kappa shape index (κ3) is 5.48. The fourth-order valence-electron chi connectivity index (χ4n) is 4.21. The van der Waals surface area contributed by atoms with Crippen molar-refractivity contribution in [2.24, 2.45) is 16.6 Å². The largest absolute Gasteiger partial charge is 0.379 e. The lowest BCUT2D eigenvalue weighted by Crippen LogP contribution is -2.42. The predicted octanol–water partition coefficient (Wildman–Crippen LogP) is 2.12. The molecule has 2 fully saturated rings. The van der Waals surface area contributed by atoms with Crippen LogP contribution in [0.1, 0.15) is 36.0 Å². The maximum absolute atomic E-state index is 13.2. The highest BCUT2D eigenvalue weighted by Crippen LogP contribution is 2.29. The lowest BCUT2D eigenvalue weighted by Gasteiger charge is -2.27. The third-order valence-electron chi connectivity index (χ3n) is 6.08. The van der Waals surface area contributed by atoms with Crippen molar-refractivity contribution in [3.63, 3.8) is 0 Å². The van der Waals surface area contributed by atoms with E-state index in [0.29, 0.717) is 29.5 Å².